The fourth-order valence-corrected chi connectivity index (χ4v) is 4.17. The number of anilines is 1. The smallest absolute Gasteiger partial charge is 0.234 e. The Hall–Kier alpha value is -3.16. The second kappa shape index (κ2) is 11.1. The van der Waals surface area contributed by atoms with Gasteiger partial charge in [-0.1, -0.05) is 56.8 Å². The van der Waals surface area contributed by atoms with Crippen LogP contribution in [-0.2, 0) is 16.8 Å². The number of rotatable bonds is 9. The molecule has 1 amide bonds. The van der Waals surface area contributed by atoms with Gasteiger partial charge in [-0.15, -0.1) is 22.0 Å². The van der Waals surface area contributed by atoms with Crippen molar-refractivity contribution in [3.8, 4) is 11.8 Å². The maximum absolute atomic E-state index is 12.4. The molecule has 0 radical (unpaired) electrons. The zero-order valence-electron chi connectivity index (χ0n) is 18.7. The molecule has 33 heavy (non-hydrogen) atoms. The topological polar surface area (TPSA) is 119 Å². The molecule has 3 N–H and O–H groups in total. The normalized spacial score (nSPS) is 11.1. The van der Waals surface area contributed by atoms with Crippen molar-refractivity contribution >= 4 is 35.1 Å². The number of nitrogens with zero attached hydrogens (tertiary/aromatic N) is 4. The van der Waals surface area contributed by atoms with Crippen LogP contribution < -0.4 is 15.9 Å². The summed E-state index contributed by atoms with van der Waals surface area (Å²) < 4.78 is 7.12. The van der Waals surface area contributed by atoms with Crippen LogP contribution in [0, 0.1) is 11.3 Å². The molecule has 2 aromatic carbocycles. The van der Waals surface area contributed by atoms with Gasteiger partial charge in [-0.05, 0) is 35.2 Å². The predicted octanol–water partition coefficient (Wildman–Crippen LogP) is 4.21. The second-order valence-electron chi connectivity index (χ2n) is 8.11. The van der Waals surface area contributed by atoms with Gasteiger partial charge in [0, 0.05) is 4.90 Å². The zero-order chi connectivity index (χ0) is 23.8. The van der Waals surface area contributed by atoms with Crippen LogP contribution in [0.3, 0.4) is 0 Å². The summed E-state index contributed by atoms with van der Waals surface area (Å²) in [5, 5.41) is 20.2. The Labute approximate surface area is 201 Å². The van der Waals surface area contributed by atoms with Crippen molar-refractivity contribution in [2.45, 2.75) is 42.8 Å². The number of carbonyl (C=O) groups is 1. The quantitative estimate of drug-likeness (QED) is 0.344. The minimum absolute atomic E-state index is 0.0753. The monoisotopic (exact) mass is 482 g/mol. The molecule has 0 saturated carbocycles. The third-order valence-electron chi connectivity index (χ3n) is 4.61. The first-order valence-electron chi connectivity index (χ1n) is 10.2. The highest BCUT2D eigenvalue weighted by Crippen LogP contribution is 2.27. The van der Waals surface area contributed by atoms with E-state index in [9.17, 15) is 4.79 Å². The minimum atomic E-state index is -0.204. The van der Waals surface area contributed by atoms with Gasteiger partial charge in [0.1, 0.15) is 12.4 Å². The van der Waals surface area contributed by atoms with Crippen LogP contribution in [0.1, 0.15) is 32.2 Å². The third-order valence-corrected chi connectivity index (χ3v) is 6.49. The number of thioether (sulfide) groups is 2. The number of aromatic nitrogens is 3. The van der Waals surface area contributed by atoms with Crippen molar-refractivity contribution in [3.63, 3.8) is 0 Å². The molecule has 0 bridgehead atoms. The summed E-state index contributed by atoms with van der Waals surface area (Å²) in [5.41, 5.74) is 1.97. The Bertz CT molecular complexity index is 1130. The molecule has 10 heteroatoms. The summed E-state index contributed by atoms with van der Waals surface area (Å²) in [4.78, 5) is 13.3. The lowest BCUT2D eigenvalue weighted by Crippen LogP contribution is -2.18. The summed E-state index contributed by atoms with van der Waals surface area (Å²) in [6.45, 7) is 6.64. The average Bonchev–Trinajstić information content (AvgIpc) is 3.14. The van der Waals surface area contributed by atoms with Crippen LogP contribution in [0.4, 0.5) is 5.69 Å². The predicted molar refractivity (Wildman–Crippen MR) is 132 cm³/mol. The van der Waals surface area contributed by atoms with E-state index in [1.807, 2.05) is 42.5 Å². The van der Waals surface area contributed by atoms with Gasteiger partial charge >= 0.3 is 0 Å². The highest BCUT2D eigenvalue weighted by molar-refractivity contribution is 8.00. The number of hydrogen-bond donors (Lipinski definition) is 2. The lowest BCUT2D eigenvalue weighted by molar-refractivity contribution is -0.113. The second-order valence-corrected chi connectivity index (χ2v) is 10.1. The van der Waals surface area contributed by atoms with Crippen LogP contribution in [-0.4, -0.2) is 32.3 Å². The Balaban J connectivity index is 1.53. The molecule has 1 aromatic heterocycles. The lowest BCUT2D eigenvalue weighted by Gasteiger charge is -2.19. The number of nitrogen functional groups attached to an aromatic ring is 1. The molecular weight excluding hydrogens is 456 g/mol. The Kier molecular flexibility index (Phi) is 8.25. The summed E-state index contributed by atoms with van der Waals surface area (Å²) in [5.74, 6) is 7.48. The Morgan fingerprint density at radius 1 is 1.15 bits per heavy atom. The van der Waals surface area contributed by atoms with Gasteiger partial charge in [-0.2, -0.15) is 5.26 Å². The molecule has 0 atom stereocenters. The maximum atomic E-state index is 12.4. The summed E-state index contributed by atoms with van der Waals surface area (Å²) in [7, 11) is 0. The van der Waals surface area contributed by atoms with Gasteiger partial charge in [-0.3, -0.25) is 4.79 Å². The van der Waals surface area contributed by atoms with E-state index in [0.717, 1.165) is 4.90 Å². The number of benzene rings is 2. The van der Waals surface area contributed by atoms with Crippen molar-refractivity contribution < 1.29 is 9.53 Å². The molecule has 1 heterocycles. The zero-order valence-corrected chi connectivity index (χ0v) is 20.4. The van der Waals surface area contributed by atoms with Gasteiger partial charge in [0.2, 0.25) is 11.1 Å². The molecule has 0 aliphatic rings. The van der Waals surface area contributed by atoms with Gasteiger partial charge in [0.05, 0.1) is 23.3 Å². The summed E-state index contributed by atoms with van der Waals surface area (Å²) >= 11 is 2.55. The number of nitrogens with one attached hydrogen (secondary N) is 1. The van der Waals surface area contributed by atoms with E-state index in [1.54, 1.807) is 6.07 Å². The van der Waals surface area contributed by atoms with E-state index in [2.05, 4.69) is 42.4 Å². The van der Waals surface area contributed by atoms with E-state index in [4.69, 9.17) is 15.8 Å². The summed E-state index contributed by atoms with van der Waals surface area (Å²) in [6, 6.07) is 17.4. The minimum Gasteiger partial charge on any atom is -0.486 e. The van der Waals surface area contributed by atoms with Crippen molar-refractivity contribution in [2.75, 3.05) is 22.7 Å². The molecule has 0 saturated heterocycles. The van der Waals surface area contributed by atoms with Crippen LogP contribution >= 0.6 is 23.5 Å². The van der Waals surface area contributed by atoms with E-state index >= 15 is 0 Å². The molecular formula is C23H26N6O2S2. The molecule has 0 unspecified atom stereocenters. The molecule has 3 aromatic rings. The van der Waals surface area contributed by atoms with E-state index in [1.165, 1.54) is 33.8 Å². The fourth-order valence-electron chi connectivity index (χ4n) is 2.83. The van der Waals surface area contributed by atoms with E-state index < -0.39 is 0 Å². The van der Waals surface area contributed by atoms with Crippen molar-refractivity contribution in [3.05, 3.63) is 59.9 Å². The Morgan fingerprint density at radius 3 is 2.58 bits per heavy atom. The molecule has 0 fully saturated rings. The Morgan fingerprint density at radius 2 is 1.88 bits per heavy atom. The number of carbonyl (C=O) groups excluding carboxylic acids is 1. The number of nitriles is 1. The van der Waals surface area contributed by atoms with Crippen molar-refractivity contribution in [2.24, 2.45) is 0 Å². The summed E-state index contributed by atoms with van der Waals surface area (Å²) in [6.07, 6.45) is 0. The van der Waals surface area contributed by atoms with Crippen LogP contribution in [0.2, 0.25) is 0 Å². The highest BCUT2D eigenvalue weighted by Gasteiger charge is 2.15. The van der Waals surface area contributed by atoms with E-state index in [-0.39, 0.29) is 23.7 Å². The van der Waals surface area contributed by atoms with Gasteiger partial charge in [0.25, 0.3) is 0 Å². The highest BCUT2D eigenvalue weighted by atomic mass is 32.2. The molecule has 3 rings (SSSR count). The number of amides is 1. The van der Waals surface area contributed by atoms with Gasteiger partial charge in [0.15, 0.2) is 5.82 Å². The standard InChI is InChI=1S/C23H26N6O2S2/c1-23(2,3)16-8-10-17(11-9-16)31-14-20-27-28-22(29(20)25)33-15-21(30)26-18-6-4-5-7-19(18)32-13-12-24/h4-11H,13-15,25H2,1-3H3,(H,26,30). The van der Waals surface area contributed by atoms with Gasteiger partial charge in [-0.25, -0.2) is 4.68 Å². The fraction of sp³-hybridized carbons (Fsp3) is 0.304. The van der Waals surface area contributed by atoms with E-state index in [0.29, 0.717) is 28.2 Å². The largest absolute Gasteiger partial charge is 0.486 e. The molecule has 0 spiro atoms. The number of para-hydroxylation sites is 1. The number of ether oxygens (including phenoxy) is 1. The first-order chi connectivity index (χ1) is 15.8. The number of hydrogen-bond acceptors (Lipinski definition) is 8. The van der Waals surface area contributed by atoms with Gasteiger partial charge < -0.3 is 15.9 Å². The average molecular weight is 483 g/mol. The molecule has 0 aliphatic carbocycles. The first-order valence-corrected chi connectivity index (χ1v) is 12.2. The van der Waals surface area contributed by atoms with Crippen LogP contribution in [0.15, 0.2) is 58.6 Å². The SMILES string of the molecule is CC(C)(C)c1ccc(OCc2nnc(SCC(=O)Nc3ccccc3SCC#N)n2N)cc1. The third kappa shape index (κ3) is 6.91. The first kappa shape index (κ1) is 24.5. The lowest BCUT2D eigenvalue weighted by atomic mass is 9.87. The van der Waals surface area contributed by atoms with Crippen LogP contribution in [0.5, 0.6) is 5.75 Å². The molecule has 0 aliphatic heterocycles. The van der Waals surface area contributed by atoms with Crippen molar-refractivity contribution in [1.29, 1.82) is 5.26 Å². The molecule has 172 valence electrons. The van der Waals surface area contributed by atoms with Crippen molar-refractivity contribution in [1.82, 2.24) is 14.9 Å². The van der Waals surface area contributed by atoms with Crippen LogP contribution in [0.25, 0.3) is 0 Å². The maximum Gasteiger partial charge on any atom is 0.234 e. The number of nitrogens with two attached hydrogens (primary N) is 1. The molecule has 8 nitrogen and oxygen atoms in total.